The summed E-state index contributed by atoms with van der Waals surface area (Å²) in [4.78, 5) is 2.10. The zero-order valence-electron chi connectivity index (χ0n) is 19.6. The van der Waals surface area contributed by atoms with Crippen molar-refractivity contribution in [2.24, 2.45) is 5.92 Å². The molecule has 0 aromatic heterocycles. The van der Waals surface area contributed by atoms with Crippen LogP contribution in [0.25, 0.3) is 11.1 Å². The molecule has 1 heterocycles. The van der Waals surface area contributed by atoms with Crippen LogP contribution in [0.3, 0.4) is 0 Å². The van der Waals surface area contributed by atoms with E-state index in [-0.39, 0.29) is 18.4 Å². The molecule has 5 rings (SSSR count). The Morgan fingerprint density at radius 3 is 2.46 bits per heavy atom. The molecule has 1 fully saturated rings. The normalized spacial score (nSPS) is 17.6. The number of aryl methyl sites for hydroxylation is 1. The van der Waals surface area contributed by atoms with Gasteiger partial charge in [-0.15, -0.1) is 0 Å². The van der Waals surface area contributed by atoms with Crippen molar-refractivity contribution in [3.8, 4) is 0 Å². The van der Waals surface area contributed by atoms with Crippen molar-refractivity contribution in [1.82, 2.24) is 4.90 Å². The van der Waals surface area contributed by atoms with Gasteiger partial charge in [0.25, 0.3) is 0 Å². The topological polar surface area (TPSA) is 3.24 Å². The Balaban J connectivity index is 1.49. The summed E-state index contributed by atoms with van der Waals surface area (Å²) in [6.07, 6.45) is 2.04. The Morgan fingerprint density at radius 2 is 1.71 bits per heavy atom. The van der Waals surface area contributed by atoms with E-state index < -0.39 is 6.17 Å². The average Bonchev–Trinajstić information content (AvgIpc) is 3.03. The van der Waals surface area contributed by atoms with Gasteiger partial charge in [-0.3, -0.25) is 4.39 Å². The fraction of sp³-hybridized carbons (Fsp3) is 0.333. The summed E-state index contributed by atoms with van der Waals surface area (Å²) in [6.45, 7) is 1.70. The number of fused-ring (bicyclic) bond motifs is 1. The molecular formula is C30H29ClF3N. The molecule has 0 amide bonds. The van der Waals surface area contributed by atoms with Gasteiger partial charge in [0.1, 0.15) is 12.0 Å². The first-order valence-electron chi connectivity index (χ1n) is 12.3. The Kier molecular flexibility index (Phi) is 7.31. The second-order valence-corrected chi connectivity index (χ2v) is 10.0. The van der Waals surface area contributed by atoms with Crippen molar-refractivity contribution in [1.29, 1.82) is 0 Å². The van der Waals surface area contributed by atoms with E-state index >= 15 is 8.78 Å². The first-order chi connectivity index (χ1) is 17.0. The first kappa shape index (κ1) is 24.1. The minimum Gasteiger partial charge on any atom is -0.302 e. The zero-order valence-corrected chi connectivity index (χ0v) is 20.4. The van der Waals surface area contributed by atoms with Crippen LogP contribution in [0.4, 0.5) is 13.2 Å². The summed E-state index contributed by atoms with van der Waals surface area (Å²) >= 11 is 6.03. The second-order valence-electron chi connectivity index (χ2n) is 9.57. The number of hydrogen-bond acceptors (Lipinski definition) is 1. The molecule has 0 bridgehead atoms. The molecule has 1 nitrogen and oxygen atoms in total. The predicted octanol–water partition coefficient (Wildman–Crippen LogP) is 8.08. The van der Waals surface area contributed by atoms with Gasteiger partial charge in [-0.1, -0.05) is 66.2 Å². The highest BCUT2D eigenvalue weighted by molar-refractivity contribution is 6.30. The summed E-state index contributed by atoms with van der Waals surface area (Å²) < 4.78 is 42.7. The van der Waals surface area contributed by atoms with Crippen LogP contribution in [-0.4, -0.2) is 31.2 Å². The number of likely N-dealkylation sites (tertiary alicyclic amines) is 1. The predicted molar refractivity (Wildman–Crippen MR) is 138 cm³/mol. The number of alkyl halides is 2. The highest BCUT2D eigenvalue weighted by atomic mass is 35.5. The minimum absolute atomic E-state index is 0.0583. The number of benzene rings is 3. The number of rotatable bonds is 7. The quantitative estimate of drug-likeness (QED) is 0.320. The summed E-state index contributed by atoms with van der Waals surface area (Å²) in [5, 5.41) is 0.375. The number of hydrogen-bond donors (Lipinski definition) is 0. The van der Waals surface area contributed by atoms with E-state index in [9.17, 15) is 4.39 Å². The van der Waals surface area contributed by atoms with Crippen LogP contribution in [-0.2, 0) is 6.42 Å². The van der Waals surface area contributed by atoms with E-state index in [2.05, 4.69) is 17.0 Å². The van der Waals surface area contributed by atoms with Gasteiger partial charge in [-0.25, -0.2) is 8.78 Å². The molecule has 0 N–H and O–H groups in total. The lowest BCUT2D eigenvalue weighted by molar-refractivity contribution is 0.0364. The van der Waals surface area contributed by atoms with Crippen molar-refractivity contribution >= 4 is 22.7 Å². The van der Waals surface area contributed by atoms with E-state index in [0.29, 0.717) is 42.2 Å². The summed E-state index contributed by atoms with van der Waals surface area (Å²) in [5.74, 6) is -0.385. The molecule has 35 heavy (non-hydrogen) atoms. The van der Waals surface area contributed by atoms with Crippen LogP contribution in [0.15, 0.2) is 66.7 Å². The van der Waals surface area contributed by atoms with E-state index in [4.69, 9.17) is 11.6 Å². The summed E-state index contributed by atoms with van der Waals surface area (Å²) in [6, 6.07) is 20.8. The third-order valence-corrected chi connectivity index (χ3v) is 7.48. The number of allylic oxidation sites excluding steroid dienone is 1. The third kappa shape index (κ3) is 5.05. The van der Waals surface area contributed by atoms with Gasteiger partial charge in [-0.05, 0) is 71.2 Å². The molecule has 182 valence electrons. The number of nitrogens with zero attached hydrogens (tertiary/aromatic N) is 1. The molecule has 3 aromatic rings. The SMILES string of the molecule is FCCCN1CC(C(F)c2ccc(C3=C(c4ccc(Cl)cc4F)CCCc4ccccc43)cc2)C1. The molecule has 1 aliphatic heterocycles. The highest BCUT2D eigenvalue weighted by Crippen LogP contribution is 2.41. The van der Waals surface area contributed by atoms with Crippen LogP contribution in [0.2, 0.25) is 5.02 Å². The van der Waals surface area contributed by atoms with Gasteiger partial charge in [-0.2, -0.15) is 0 Å². The fourth-order valence-electron chi connectivity index (χ4n) is 5.43. The lowest BCUT2D eigenvalue weighted by atomic mass is 9.86. The standard InChI is InChI=1S/C30H29ClF3N/c31-24-13-14-26(28(33)17-24)27-8-3-6-20-5-1-2-7-25(20)29(27)21-9-11-22(12-10-21)30(34)23-18-35(19-23)16-4-15-32/h1-2,5,7,9-14,17,23,30H,3-4,6,8,15-16,18-19H2. The molecule has 2 aliphatic rings. The molecule has 1 unspecified atom stereocenters. The van der Waals surface area contributed by atoms with Crippen LogP contribution in [0.1, 0.15) is 53.3 Å². The Labute approximate surface area is 210 Å². The Morgan fingerprint density at radius 1 is 0.943 bits per heavy atom. The largest absolute Gasteiger partial charge is 0.302 e. The average molecular weight is 496 g/mol. The number of halogens is 4. The van der Waals surface area contributed by atoms with Gasteiger partial charge < -0.3 is 4.90 Å². The molecule has 1 atom stereocenters. The van der Waals surface area contributed by atoms with Crippen LogP contribution in [0.5, 0.6) is 0 Å². The molecule has 1 aliphatic carbocycles. The monoisotopic (exact) mass is 495 g/mol. The van der Waals surface area contributed by atoms with Crippen LogP contribution < -0.4 is 0 Å². The summed E-state index contributed by atoms with van der Waals surface area (Å²) in [7, 11) is 0. The lowest BCUT2D eigenvalue weighted by Crippen LogP contribution is -2.48. The lowest BCUT2D eigenvalue weighted by Gasteiger charge is -2.41. The molecule has 3 aromatic carbocycles. The second kappa shape index (κ2) is 10.6. The van der Waals surface area contributed by atoms with E-state index in [1.807, 2.05) is 36.4 Å². The maximum absolute atomic E-state index is 15.2. The molecule has 0 saturated carbocycles. The highest BCUT2D eigenvalue weighted by Gasteiger charge is 2.34. The van der Waals surface area contributed by atoms with Crippen molar-refractivity contribution in [2.75, 3.05) is 26.3 Å². The Hall–Kier alpha value is -2.56. The van der Waals surface area contributed by atoms with Gasteiger partial charge in [0.15, 0.2) is 0 Å². The summed E-state index contributed by atoms with van der Waals surface area (Å²) in [5.41, 5.74) is 6.47. The van der Waals surface area contributed by atoms with Crippen molar-refractivity contribution in [3.05, 3.63) is 105 Å². The molecule has 0 spiro atoms. The van der Waals surface area contributed by atoms with Gasteiger partial charge >= 0.3 is 0 Å². The molecule has 1 saturated heterocycles. The van der Waals surface area contributed by atoms with Crippen molar-refractivity contribution in [2.45, 2.75) is 31.9 Å². The van der Waals surface area contributed by atoms with Crippen molar-refractivity contribution < 1.29 is 13.2 Å². The van der Waals surface area contributed by atoms with Crippen LogP contribution in [0, 0.1) is 11.7 Å². The third-order valence-electron chi connectivity index (χ3n) is 7.24. The van der Waals surface area contributed by atoms with Crippen LogP contribution >= 0.6 is 11.6 Å². The van der Waals surface area contributed by atoms with Gasteiger partial charge in [0, 0.05) is 36.1 Å². The fourth-order valence-corrected chi connectivity index (χ4v) is 5.58. The zero-order chi connectivity index (χ0) is 24.4. The molecule has 5 heteroatoms. The van der Waals surface area contributed by atoms with E-state index in [0.717, 1.165) is 41.5 Å². The van der Waals surface area contributed by atoms with E-state index in [1.165, 1.54) is 11.6 Å². The van der Waals surface area contributed by atoms with Gasteiger partial charge in [0.05, 0.1) is 6.67 Å². The first-order valence-corrected chi connectivity index (χ1v) is 12.7. The smallest absolute Gasteiger partial charge is 0.132 e. The molecule has 0 radical (unpaired) electrons. The van der Waals surface area contributed by atoms with E-state index in [1.54, 1.807) is 12.1 Å². The maximum Gasteiger partial charge on any atom is 0.132 e. The maximum atomic E-state index is 15.2. The Bertz CT molecular complexity index is 1210. The van der Waals surface area contributed by atoms with Crippen molar-refractivity contribution in [3.63, 3.8) is 0 Å². The molecular weight excluding hydrogens is 467 g/mol. The van der Waals surface area contributed by atoms with Gasteiger partial charge in [0.2, 0.25) is 0 Å². The minimum atomic E-state index is -1.05.